The van der Waals surface area contributed by atoms with Gasteiger partial charge in [-0.3, -0.25) is 14.5 Å². The molecule has 2 heterocycles. The summed E-state index contributed by atoms with van der Waals surface area (Å²) in [5.41, 5.74) is 6.97. The van der Waals surface area contributed by atoms with Crippen LogP contribution in [0.5, 0.6) is 0 Å². The fourth-order valence-electron chi connectivity index (χ4n) is 3.22. The predicted molar refractivity (Wildman–Crippen MR) is 105 cm³/mol. The van der Waals surface area contributed by atoms with Gasteiger partial charge in [-0.15, -0.1) is 21.5 Å². The summed E-state index contributed by atoms with van der Waals surface area (Å²) in [5, 5.41) is 11.8. The monoisotopic (exact) mass is 409 g/mol. The van der Waals surface area contributed by atoms with E-state index in [1.165, 1.54) is 23.1 Å². The molecular formula is C17H23N5O3S2. The van der Waals surface area contributed by atoms with Gasteiger partial charge < -0.3 is 15.5 Å². The Morgan fingerprint density at radius 1 is 1.37 bits per heavy atom. The molecule has 0 spiro atoms. The maximum Gasteiger partial charge on any atom is 0.277 e. The fourth-order valence-corrected chi connectivity index (χ4v) is 5.10. The summed E-state index contributed by atoms with van der Waals surface area (Å²) in [6, 6.07) is 0.0484. The number of rotatable bonds is 8. The molecule has 1 aliphatic rings. The van der Waals surface area contributed by atoms with Gasteiger partial charge in [0.15, 0.2) is 0 Å². The summed E-state index contributed by atoms with van der Waals surface area (Å²) in [6.07, 6.45) is 3.64. The molecular weight excluding hydrogens is 386 g/mol. The molecule has 0 unspecified atom stereocenters. The van der Waals surface area contributed by atoms with Gasteiger partial charge in [0.1, 0.15) is 5.00 Å². The minimum Gasteiger partial charge on any atom is -0.414 e. The Morgan fingerprint density at radius 2 is 2.15 bits per heavy atom. The lowest BCUT2D eigenvalue weighted by molar-refractivity contribution is -0.113. The summed E-state index contributed by atoms with van der Waals surface area (Å²) in [7, 11) is 3.90. The van der Waals surface area contributed by atoms with E-state index in [2.05, 4.69) is 15.5 Å². The first-order valence-corrected chi connectivity index (χ1v) is 10.6. The third-order valence-electron chi connectivity index (χ3n) is 4.46. The van der Waals surface area contributed by atoms with Crippen molar-refractivity contribution in [3.8, 4) is 0 Å². The fraction of sp³-hybridized carbons (Fsp3) is 0.529. The minimum absolute atomic E-state index is 0.0484. The highest BCUT2D eigenvalue weighted by Gasteiger charge is 2.26. The maximum atomic E-state index is 12.3. The number of anilines is 1. The molecule has 0 radical (unpaired) electrons. The van der Waals surface area contributed by atoms with Crippen molar-refractivity contribution in [2.24, 2.45) is 5.73 Å². The highest BCUT2D eigenvalue weighted by molar-refractivity contribution is 7.99. The number of amides is 2. The Bertz CT molecular complexity index is 846. The molecule has 0 bridgehead atoms. The lowest BCUT2D eigenvalue weighted by atomic mass is 10.1. The largest absolute Gasteiger partial charge is 0.414 e. The van der Waals surface area contributed by atoms with Crippen LogP contribution in [0.4, 0.5) is 5.00 Å². The lowest BCUT2D eigenvalue weighted by Gasteiger charge is -2.18. The van der Waals surface area contributed by atoms with E-state index >= 15 is 0 Å². The number of nitrogens with zero attached hydrogens (tertiary/aromatic N) is 3. The van der Waals surface area contributed by atoms with Crippen molar-refractivity contribution in [1.29, 1.82) is 0 Å². The molecule has 8 nitrogen and oxygen atoms in total. The van der Waals surface area contributed by atoms with E-state index in [0.29, 0.717) is 21.7 Å². The number of nitrogens with two attached hydrogens (primary N) is 1. The number of hydrogen-bond acceptors (Lipinski definition) is 8. The molecule has 3 rings (SSSR count). The summed E-state index contributed by atoms with van der Waals surface area (Å²) < 4.78 is 5.66. The number of aromatic nitrogens is 2. The maximum absolute atomic E-state index is 12.3. The molecule has 10 heteroatoms. The number of carbonyl (C=O) groups excluding carboxylic acids is 2. The van der Waals surface area contributed by atoms with E-state index in [-0.39, 0.29) is 17.7 Å². The van der Waals surface area contributed by atoms with Crippen molar-refractivity contribution < 1.29 is 14.0 Å². The Hall–Kier alpha value is -1.91. The quantitative estimate of drug-likeness (QED) is 0.644. The zero-order chi connectivity index (χ0) is 19.6. The van der Waals surface area contributed by atoms with Crippen LogP contribution in [0.15, 0.2) is 9.64 Å². The first-order valence-electron chi connectivity index (χ1n) is 8.77. The average Bonchev–Trinajstić information content (AvgIpc) is 3.28. The zero-order valence-electron chi connectivity index (χ0n) is 15.6. The molecule has 0 saturated carbocycles. The van der Waals surface area contributed by atoms with Crippen LogP contribution in [0.2, 0.25) is 0 Å². The molecule has 0 fully saturated rings. The average molecular weight is 410 g/mol. The molecule has 1 atom stereocenters. The topological polar surface area (TPSA) is 114 Å². The van der Waals surface area contributed by atoms with E-state index in [4.69, 9.17) is 10.2 Å². The number of hydrogen-bond donors (Lipinski definition) is 2. The van der Waals surface area contributed by atoms with E-state index in [1.54, 1.807) is 0 Å². The van der Waals surface area contributed by atoms with Gasteiger partial charge in [0.05, 0.1) is 17.4 Å². The third-order valence-corrected chi connectivity index (χ3v) is 6.49. The van der Waals surface area contributed by atoms with Crippen LogP contribution in [0.1, 0.15) is 52.5 Å². The van der Waals surface area contributed by atoms with Crippen LogP contribution in [0.3, 0.4) is 0 Å². The normalized spacial score (nSPS) is 14.4. The van der Waals surface area contributed by atoms with Crippen molar-refractivity contribution in [2.75, 3.05) is 25.2 Å². The van der Waals surface area contributed by atoms with Crippen molar-refractivity contribution in [1.82, 2.24) is 15.1 Å². The number of thiophene rings is 1. The minimum atomic E-state index is -0.492. The second-order valence-electron chi connectivity index (χ2n) is 6.56. The smallest absolute Gasteiger partial charge is 0.277 e. The van der Waals surface area contributed by atoms with Crippen LogP contribution in [0, 0.1) is 0 Å². The van der Waals surface area contributed by atoms with Gasteiger partial charge >= 0.3 is 0 Å². The van der Waals surface area contributed by atoms with Crippen LogP contribution in [-0.2, 0) is 17.6 Å². The van der Waals surface area contributed by atoms with E-state index in [0.717, 1.165) is 36.1 Å². The predicted octanol–water partition coefficient (Wildman–Crippen LogP) is 2.46. The van der Waals surface area contributed by atoms with Crippen molar-refractivity contribution >= 4 is 39.9 Å². The standard InChI is InChI=1S/C17H23N5O3S2/c1-4-10(22(2)3)15-20-21-17(25-15)26-8-12(23)19-16-13(14(18)24)9-6-5-7-11(9)27-16/h10H,4-8H2,1-3H3,(H2,18,24)(H,19,23)/t10-/m0/s1. The van der Waals surface area contributed by atoms with Gasteiger partial charge in [-0.1, -0.05) is 18.7 Å². The summed E-state index contributed by atoms with van der Waals surface area (Å²) in [4.78, 5) is 27.3. The van der Waals surface area contributed by atoms with E-state index < -0.39 is 5.91 Å². The van der Waals surface area contributed by atoms with Gasteiger partial charge in [-0.2, -0.15) is 0 Å². The molecule has 146 valence electrons. The van der Waals surface area contributed by atoms with Crippen molar-refractivity contribution in [2.45, 2.75) is 43.9 Å². The SMILES string of the molecule is CC[C@@H](c1nnc(SCC(=O)Nc2sc3c(c2C(N)=O)CCC3)o1)N(C)C. The Balaban J connectivity index is 1.61. The van der Waals surface area contributed by atoms with Crippen LogP contribution >= 0.6 is 23.1 Å². The third kappa shape index (κ3) is 4.33. The number of carbonyl (C=O) groups is 2. The number of nitrogens with one attached hydrogen (secondary N) is 1. The van der Waals surface area contributed by atoms with Gasteiger partial charge in [0.2, 0.25) is 11.8 Å². The molecule has 2 aromatic heterocycles. The van der Waals surface area contributed by atoms with Crippen molar-refractivity contribution in [3.63, 3.8) is 0 Å². The molecule has 0 aromatic carbocycles. The molecule has 2 aromatic rings. The molecule has 2 amide bonds. The number of primary amides is 1. The summed E-state index contributed by atoms with van der Waals surface area (Å²) >= 11 is 2.61. The van der Waals surface area contributed by atoms with Crippen LogP contribution in [-0.4, -0.2) is 46.8 Å². The van der Waals surface area contributed by atoms with Crippen molar-refractivity contribution in [3.05, 3.63) is 21.9 Å². The molecule has 3 N–H and O–H groups in total. The second-order valence-corrected chi connectivity index (χ2v) is 8.59. The Labute approximate surface area is 165 Å². The van der Waals surface area contributed by atoms with E-state index in [9.17, 15) is 9.59 Å². The zero-order valence-corrected chi connectivity index (χ0v) is 17.2. The molecule has 0 aliphatic heterocycles. The number of thioether (sulfide) groups is 1. The molecule has 1 aliphatic carbocycles. The Kier molecular flexibility index (Phi) is 6.18. The molecule has 0 saturated heterocycles. The van der Waals surface area contributed by atoms with Gasteiger partial charge in [0.25, 0.3) is 11.1 Å². The number of aryl methyl sites for hydroxylation is 1. The van der Waals surface area contributed by atoms with Crippen LogP contribution in [0.25, 0.3) is 0 Å². The first-order chi connectivity index (χ1) is 12.9. The van der Waals surface area contributed by atoms with E-state index in [1.807, 2.05) is 25.9 Å². The summed E-state index contributed by atoms with van der Waals surface area (Å²) in [6.45, 7) is 2.05. The first kappa shape index (κ1) is 19.8. The molecule has 27 heavy (non-hydrogen) atoms. The summed E-state index contributed by atoms with van der Waals surface area (Å²) in [5.74, 6) is -0.0765. The second kappa shape index (κ2) is 8.41. The van der Waals surface area contributed by atoms with Gasteiger partial charge in [-0.25, -0.2) is 0 Å². The highest BCUT2D eigenvalue weighted by atomic mass is 32.2. The van der Waals surface area contributed by atoms with Crippen LogP contribution < -0.4 is 11.1 Å². The highest BCUT2D eigenvalue weighted by Crippen LogP contribution is 2.39. The Morgan fingerprint density at radius 3 is 2.81 bits per heavy atom. The lowest BCUT2D eigenvalue weighted by Crippen LogP contribution is -2.19. The van der Waals surface area contributed by atoms with Gasteiger partial charge in [-0.05, 0) is 45.3 Å². The number of fused-ring (bicyclic) bond motifs is 1. The van der Waals surface area contributed by atoms with Gasteiger partial charge in [0, 0.05) is 4.88 Å².